The van der Waals surface area contributed by atoms with Crippen LogP contribution in [0.1, 0.15) is 38.5 Å². The lowest BCUT2D eigenvalue weighted by Gasteiger charge is -2.30. The molecule has 102 valence electrons. The maximum atomic E-state index is 12.0. The van der Waals surface area contributed by atoms with Crippen molar-refractivity contribution >= 4 is 11.8 Å². The largest absolute Gasteiger partial charge is 0.355 e. The smallest absolute Gasteiger partial charge is 0.225 e. The molecular weight excluding hydrogens is 230 g/mol. The van der Waals surface area contributed by atoms with Crippen molar-refractivity contribution in [3.63, 3.8) is 0 Å². The van der Waals surface area contributed by atoms with E-state index in [-0.39, 0.29) is 23.8 Å². The topological polar surface area (TPSA) is 84.2 Å². The molecule has 0 spiro atoms. The molecule has 0 aromatic rings. The fraction of sp³-hybridized carbons (Fsp3) is 0.846. The van der Waals surface area contributed by atoms with E-state index in [1.807, 2.05) is 0 Å². The Morgan fingerprint density at radius 3 is 2.67 bits per heavy atom. The zero-order valence-corrected chi connectivity index (χ0v) is 10.8. The van der Waals surface area contributed by atoms with Gasteiger partial charge in [0.15, 0.2) is 0 Å². The highest BCUT2D eigenvalue weighted by Gasteiger charge is 2.31. The Morgan fingerprint density at radius 2 is 2.11 bits per heavy atom. The average Bonchev–Trinajstić information content (AvgIpc) is 2.83. The van der Waals surface area contributed by atoms with Gasteiger partial charge in [-0.25, -0.2) is 0 Å². The second-order valence-electron chi connectivity index (χ2n) is 5.45. The minimum absolute atomic E-state index is 0.0191. The summed E-state index contributed by atoms with van der Waals surface area (Å²) in [7, 11) is 0. The van der Waals surface area contributed by atoms with Gasteiger partial charge in [0.2, 0.25) is 11.8 Å². The van der Waals surface area contributed by atoms with Crippen molar-refractivity contribution in [2.75, 3.05) is 13.1 Å². The molecule has 5 nitrogen and oxygen atoms in total. The molecule has 2 fully saturated rings. The van der Waals surface area contributed by atoms with Crippen LogP contribution in [0.5, 0.6) is 0 Å². The number of hydrogen-bond acceptors (Lipinski definition) is 3. The summed E-state index contributed by atoms with van der Waals surface area (Å²) in [5.41, 5.74) is 5.78. The minimum Gasteiger partial charge on any atom is -0.355 e. The fourth-order valence-corrected chi connectivity index (χ4v) is 3.00. The Morgan fingerprint density at radius 1 is 1.39 bits per heavy atom. The van der Waals surface area contributed by atoms with Crippen molar-refractivity contribution in [2.24, 2.45) is 17.6 Å². The Kier molecular flexibility index (Phi) is 4.58. The molecule has 1 saturated heterocycles. The zero-order valence-electron chi connectivity index (χ0n) is 10.8. The van der Waals surface area contributed by atoms with Crippen LogP contribution in [-0.4, -0.2) is 30.9 Å². The van der Waals surface area contributed by atoms with Crippen molar-refractivity contribution in [1.82, 2.24) is 10.6 Å². The highest BCUT2D eigenvalue weighted by molar-refractivity contribution is 5.89. The van der Waals surface area contributed by atoms with E-state index in [9.17, 15) is 9.59 Å². The summed E-state index contributed by atoms with van der Waals surface area (Å²) in [6.45, 7) is 0.955. The van der Waals surface area contributed by atoms with Crippen molar-refractivity contribution in [2.45, 2.75) is 44.6 Å². The molecule has 0 bridgehead atoms. The average molecular weight is 253 g/mol. The van der Waals surface area contributed by atoms with E-state index in [2.05, 4.69) is 10.6 Å². The first-order valence-electron chi connectivity index (χ1n) is 6.98. The van der Waals surface area contributed by atoms with Crippen LogP contribution in [0.15, 0.2) is 0 Å². The molecule has 2 amide bonds. The van der Waals surface area contributed by atoms with E-state index >= 15 is 0 Å². The van der Waals surface area contributed by atoms with Gasteiger partial charge < -0.3 is 16.4 Å². The second-order valence-corrected chi connectivity index (χ2v) is 5.45. The molecule has 2 unspecified atom stereocenters. The molecule has 4 N–H and O–H groups in total. The van der Waals surface area contributed by atoms with E-state index in [1.165, 1.54) is 19.3 Å². The molecule has 1 heterocycles. The van der Waals surface area contributed by atoms with Crippen LogP contribution >= 0.6 is 0 Å². The Labute approximate surface area is 108 Å². The van der Waals surface area contributed by atoms with Gasteiger partial charge in [-0.15, -0.1) is 0 Å². The number of hydrogen-bond donors (Lipinski definition) is 3. The van der Waals surface area contributed by atoms with Crippen LogP contribution in [0.25, 0.3) is 0 Å². The molecule has 1 saturated carbocycles. The summed E-state index contributed by atoms with van der Waals surface area (Å²) in [5.74, 6) is 0.249. The van der Waals surface area contributed by atoms with Crippen LogP contribution in [-0.2, 0) is 9.59 Å². The second kappa shape index (κ2) is 6.18. The zero-order chi connectivity index (χ0) is 13.0. The summed E-state index contributed by atoms with van der Waals surface area (Å²) in [5, 5.41) is 5.73. The number of carbonyl (C=O) groups excluding carboxylic acids is 2. The van der Waals surface area contributed by atoms with Gasteiger partial charge in [0.1, 0.15) is 0 Å². The van der Waals surface area contributed by atoms with Gasteiger partial charge in [0.25, 0.3) is 0 Å². The lowest BCUT2D eigenvalue weighted by atomic mass is 9.83. The number of nitrogens with one attached hydrogen (secondary N) is 2. The van der Waals surface area contributed by atoms with E-state index < -0.39 is 0 Å². The predicted molar refractivity (Wildman–Crippen MR) is 68.7 cm³/mol. The van der Waals surface area contributed by atoms with E-state index in [0.29, 0.717) is 25.4 Å². The third-order valence-corrected chi connectivity index (χ3v) is 4.15. The van der Waals surface area contributed by atoms with Crippen molar-refractivity contribution in [1.29, 1.82) is 0 Å². The first-order valence-corrected chi connectivity index (χ1v) is 6.98. The van der Waals surface area contributed by atoms with Crippen molar-refractivity contribution < 1.29 is 9.59 Å². The molecule has 1 aliphatic carbocycles. The molecule has 2 aliphatic rings. The molecule has 0 aromatic carbocycles. The van der Waals surface area contributed by atoms with Crippen LogP contribution in [0.2, 0.25) is 0 Å². The molecule has 18 heavy (non-hydrogen) atoms. The maximum absolute atomic E-state index is 12.0. The molecule has 2 rings (SSSR count). The number of carbonyl (C=O) groups is 2. The van der Waals surface area contributed by atoms with Gasteiger partial charge in [0.05, 0.1) is 5.92 Å². The van der Waals surface area contributed by atoms with Crippen molar-refractivity contribution in [3.8, 4) is 0 Å². The van der Waals surface area contributed by atoms with Gasteiger partial charge in [-0.3, -0.25) is 9.59 Å². The summed E-state index contributed by atoms with van der Waals surface area (Å²) < 4.78 is 0. The van der Waals surface area contributed by atoms with E-state index in [1.54, 1.807) is 0 Å². The number of amides is 2. The standard InChI is InChI=1S/C13H23N3O2/c14-7-11(9-4-2-1-3-5-9)16-13(18)10-6-12(17)15-8-10/h9-11H,1-8,14H2,(H,15,17)(H,16,18). The van der Waals surface area contributed by atoms with Crippen LogP contribution in [0, 0.1) is 11.8 Å². The maximum Gasteiger partial charge on any atom is 0.225 e. The monoisotopic (exact) mass is 253 g/mol. The summed E-state index contributed by atoms with van der Waals surface area (Å²) >= 11 is 0. The highest BCUT2D eigenvalue weighted by atomic mass is 16.2. The highest BCUT2D eigenvalue weighted by Crippen LogP contribution is 2.26. The summed E-state index contributed by atoms with van der Waals surface area (Å²) in [4.78, 5) is 23.1. The van der Waals surface area contributed by atoms with Crippen LogP contribution in [0.3, 0.4) is 0 Å². The lowest BCUT2D eigenvalue weighted by Crippen LogP contribution is -2.48. The van der Waals surface area contributed by atoms with Gasteiger partial charge >= 0.3 is 0 Å². The van der Waals surface area contributed by atoms with E-state index in [0.717, 1.165) is 12.8 Å². The third kappa shape index (κ3) is 3.22. The Hall–Kier alpha value is -1.10. The molecule has 0 aromatic heterocycles. The SMILES string of the molecule is NCC(NC(=O)C1CNC(=O)C1)C1CCCCC1. The minimum atomic E-state index is -0.213. The summed E-state index contributed by atoms with van der Waals surface area (Å²) in [6.07, 6.45) is 6.39. The lowest BCUT2D eigenvalue weighted by molar-refractivity contribution is -0.127. The fourth-order valence-electron chi connectivity index (χ4n) is 3.00. The van der Waals surface area contributed by atoms with E-state index in [4.69, 9.17) is 5.73 Å². The van der Waals surface area contributed by atoms with Gasteiger partial charge in [-0.2, -0.15) is 0 Å². The number of rotatable bonds is 4. The quantitative estimate of drug-likeness (QED) is 0.666. The van der Waals surface area contributed by atoms with Gasteiger partial charge in [-0.05, 0) is 18.8 Å². The summed E-state index contributed by atoms with van der Waals surface area (Å²) in [6, 6.07) is 0.0773. The Bertz CT molecular complexity index is 313. The first-order chi connectivity index (χ1) is 8.70. The molecule has 0 radical (unpaired) electrons. The Balaban J connectivity index is 1.85. The van der Waals surface area contributed by atoms with Gasteiger partial charge in [-0.1, -0.05) is 19.3 Å². The molecular formula is C13H23N3O2. The van der Waals surface area contributed by atoms with Gasteiger partial charge in [0, 0.05) is 25.6 Å². The van der Waals surface area contributed by atoms with Crippen LogP contribution < -0.4 is 16.4 Å². The molecule has 5 heteroatoms. The van der Waals surface area contributed by atoms with Crippen LogP contribution in [0.4, 0.5) is 0 Å². The molecule has 2 atom stereocenters. The normalized spacial score (nSPS) is 26.7. The molecule has 1 aliphatic heterocycles. The predicted octanol–water partition coefficient (Wildman–Crippen LogP) is 0.146. The first kappa shape index (κ1) is 13.3. The number of nitrogens with two attached hydrogens (primary N) is 1. The third-order valence-electron chi connectivity index (χ3n) is 4.15. The van der Waals surface area contributed by atoms with Crippen molar-refractivity contribution in [3.05, 3.63) is 0 Å².